The molecule has 29 heavy (non-hydrogen) atoms. The van der Waals surface area contributed by atoms with E-state index >= 15 is 0 Å². The molecule has 7 heteroatoms. The van der Waals surface area contributed by atoms with Gasteiger partial charge in [-0.25, -0.2) is 4.39 Å². The largest absolute Gasteiger partial charge is 0.481 e. The number of halogens is 3. The summed E-state index contributed by atoms with van der Waals surface area (Å²) in [7, 11) is 0. The molecule has 1 heterocycles. The molecule has 0 radical (unpaired) electrons. The molecule has 3 rings (SSSR count). The van der Waals surface area contributed by atoms with Crippen molar-refractivity contribution in [1.29, 1.82) is 0 Å². The molecule has 0 N–H and O–H groups in total. The van der Waals surface area contributed by atoms with E-state index in [0.29, 0.717) is 12.3 Å². The second kappa shape index (κ2) is 9.58. The predicted molar refractivity (Wildman–Crippen MR) is 120 cm³/mol. The average Bonchev–Trinajstić information content (AvgIpc) is 2.65. The van der Waals surface area contributed by atoms with E-state index in [1.807, 2.05) is 36.1 Å². The van der Waals surface area contributed by atoms with Crippen LogP contribution in [0.5, 0.6) is 5.75 Å². The standard InChI is InChI=1S/C22H25Br2FN2O2/c1-14-8-19(23)22(20(24)9-14)29-13-21(28)27-11-15(2)26(10-16(27)3)12-17-4-6-18(25)7-5-17/h4-9,15-16H,10-13H2,1-3H3. The van der Waals surface area contributed by atoms with Crippen LogP contribution in [0.15, 0.2) is 45.3 Å². The van der Waals surface area contributed by atoms with Gasteiger partial charge in [-0.3, -0.25) is 9.69 Å². The number of hydrogen-bond donors (Lipinski definition) is 0. The molecule has 0 bridgehead atoms. The highest BCUT2D eigenvalue weighted by Crippen LogP contribution is 2.34. The summed E-state index contributed by atoms with van der Waals surface area (Å²) in [6.07, 6.45) is 0. The van der Waals surface area contributed by atoms with Crippen molar-refractivity contribution in [2.45, 2.75) is 39.4 Å². The molecule has 1 aliphatic heterocycles. The number of carbonyl (C=O) groups excluding carboxylic acids is 1. The Hall–Kier alpha value is -1.44. The fourth-order valence-corrected chi connectivity index (χ4v) is 5.28. The minimum atomic E-state index is -0.225. The van der Waals surface area contributed by atoms with Gasteiger partial charge in [0.05, 0.1) is 8.95 Å². The molecule has 0 spiro atoms. The molecule has 2 aromatic carbocycles. The van der Waals surface area contributed by atoms with Gasteiger partial charge >= 0.3 is 0 Å². The van der Waals surface area contributed by atoms with Crippen LogP contribution in [0, 0.1) is 12.7 Å². The molecule has 2 aromatic rings. The summed E-state index contributed by atoms with van der Waals surface area (Å²) in [6.45, 7) is 8.31. The van der Waals surface area contributed by atoms with E-state index in [-0.39, 0.29) is 30.4 Å². The second-order valence-corrected chi connectivity index (χ2v) is 9.36. The van der Waals surface area contributed by atoms with E-state index in [2.05, 4.69) is 50.6 Å². The lowest BCUT2D eigenvalue weighted by Gasteiger charge is -2.44. The van der Waals surface area contributed by atoms with E-state index < -0.39 is 0 Å². The molecule has 0 saturated carbocycles. The Bertz CT molecular complexity index is 853. The van der Waals surface area contributed by atoms with Crippen molar-refractivity contribution in [2.24, 2.45) is 0 Å². The number of piperazine rings is 1. The highest BCUT2D eigenvalue weighted by Gasteiger charge is 2.32. The Balaban J connectivity index is 1.59. The number of carbonyl (C=O) groups is 1. The molecule has 4 nitrogen and oxygen atoms in total. The van der Waals surface area contributed by atoms with Gasteiger partial charge in [-0.05, 0) is 88.0 Å². The first kappa shape index (κ1) is 22.2. The van der Waals surface area contributed by atoms with Crippen LogP contribution in [-0.4, -0.2) is 47.5 Å². The van der Waals surface area contributed by atoms with Gasteiger partial charge in [0.2, 0.25) is 0 Å². The van der Waals surface area contributed by atoms with Gasteiger partial charge in [0.25, 0.3) is 5.91 Å². The molecule has 1 fully saturated rings. The third kappa shape index (κ3) is 5.58. The Morgan fingerprint density at radius 3 is 2.34 bits per heavy atom. The van der Waals surface area contributed by atoms with Gasteiger partial charge in [-0.1, -0.05) is 12.1 Å². The number of rotatable bonds is 5. The monoisotopic (exact) mass is 526 g/mol. The molecule has 1 saturated heterocycles. The Labute approximate surface area is 188 Å². The topological polar surface area (TPSA) is 32.8 Å². The van der Waals surface area contributed by atoms with Gasteiger partial charge < -0.3 is 9.64 Å². The second-order valence-electron chi connectivity index (χ2n) is 7.65. The van der Waals surface area contributed by atoms with Crippen molar-refractivity contribution in [3.05, 3.63) is 62.3 Å². The van der Waals surface area contributed by atoms with Gasteiger partial charge in [-0.15, -0.1) is 0 Å². The van der Waals surface area contributed by atoms with Crippen molar-refractivity contribution in [3.63, 3.8) is 0 Å². The Kier molecular flexibility index (Phi) is 7.35. The first-order valence-electron chi connectivity index (χ1n) is 9.61. The van der Waals surface area contributed by atoms with E-state index in [9.17, 15) is 9.18 Å². The lowest BCUT2D eigenvalue weighted by atomic mass is 10.1. The maximum atomic E-state index is 13.1. The highest BCUT2D eigenvalue weighted by molar-refractivity contribution is 9.11. The Morgan fingerprint density at radius 1 is 1.10 bits per heavy atom. The number of aryl methyl sites for hydroxylation is 1. The third-order valence-corrected chi connectivity index (χ3v) is 6.40. The van der Waals surface area contributed by atoms with Crippen LogP contribution in [0.4, 0.5) is 4.39 Å². The summed E-state index contributed by atoms with van der Waals surface area (Å²) in [5, 5.41) is 0. The van der Waals surface area contributed by atoms with E-state index in [0.717, 1.165) is 33.2 Å². The summed E-state index contributed by atoms with van der Waals surface area (Å²) in [4.78, 5) is 17.0. The van der Waals surface area contributed by atoms with Crippen LogP contribution in [0.2, 0.25) is 0 Å². The smallest absolute Gasteiger partial charge is 0.260 e. The maximum absolute atomic E-state index is 13.1. The lowest BCUT2D eigenvalue weighted by molar-refractivity contribution is -0.139. The molecular weight excluding hydrogens is 503 g/mol. The van der Waals surface area contributed by atoms with Crippen LogP contribution in [-0.2, 0) is 11.3 Å². The first-order chi connectivity index (χ1) is 13.7. The number of amides is 1. The number of ether oxygens (including phenoxy) is 1. The fourth-order valence-electron chi connectivity index (χ4n) is 3.63. The van der Waals surface area contributed by atoms with Crippen molar-refractivity contribution < 1.29 is 13.9 Å². The fraction of sp³-hybridized carbons (Fsp3) is 0.409. The summed E-state index contributed by atoms with van der Waals surface area (Å²) in [5.74, 6) is 0.391. The minimum absolute atomic E-state index is 0.00468. The van der Waals surface area contributed by atoms with Crippen molar-refractivity contribution >= 4 is 37.8 Å². The molecule has 1 aliphatic rings. The first-order valence-corrected chi connectivity index (χ1v) is 11.2. The molecule has 1 amide bonds. The van der Waals surface area contributed by atoms with Gasteiger partial charge in [-0.2, -0.15) is 0 Å². The van der Waals surface area contributed by atoms with E-state index in [4.69, 9.17) is 4.74 Å². The number of nitrogens with zero attached hydrogens (tertiary/aromatic N) is 2. The molecule has 2 unspecified atom stereocenters. The van der Waals surface area contributed by atoms with Crippen molar-refractivity contribution in [3.8, 4) is 5.75 Å². The third-order valence-electron chi connectivity index (χ3n) is 5.22. The molecule has 156 valence electrons. The highest BCUT2D eigenvalue weighted by atomic mass is 79.9. The van der Waals surface area contributed by atoms with Crippen LogP contribution >= 0.6 is 31.9 Å². The minimum Gasteiger partial charge on any atom is -0.481 e. The predicted octanol–water partition coefficient (Wildman–Crippen LogP) is 5.16. The number of hydrogen-bond acceptors (Lipinski definition) is 3. The van der Waals surface area contributed by atoms with E-state index in [1.54, 1.807) is 0 Å². The zero-order valence-corrected chi connectivity index (χ0v) is 20.0. The van der Waals surface area contributed by atoms with Crippen LogP contribution in [0.1, 0.15) is 25.0 Å². The quantitative estimate of drug-likeness (QED) is 0.538. The molecule has 2 atom stereocenters. The molecule has 0 aromatic heterocycles. The van der Waals surface area contributed by atoms with Gasteiger partial charge in [0.1, 0.15) is 11.6 Å². The Morgan fingerprint density at radius 2 is 1.72 bits per heavy atom. The van der Waals surface area contributed by atoms with E-state index in [1.165, 1.54) is 12.1 Å². The zero-order chi connectivity index (χ0) is 21.1. The summed E-state index contributed by atoms with van der Waals surface area (Å²) >= 11 is 7.00. The lowest BCUT2D eigenvalue weighted by Crippen LogP contribution is -2.58. The average molecular weight is 528 g/mol. The van der Waals surface area contributed by atoms with Crippen LogP contribution in [0.3, 0.4) is 0 Å². The van der Waals surface area contributed by atoms with Crippen LogP contribution < -0.4 is 4.74 Å². The zero-order valence-electron chi connectivity index (χ0n) is 16.8. The maximum Gasteiger partial charge on any atom is 0.260 e. The van der Waals surface area contributed by atoms with Gasteiger partial charge in [0, 0.05) is 31.7 Å². The summed E-state index contributed by atoms with van der Waals surface area (Å²) < 4.78 is 20.6. The summed E-state index contributed by atoms with van der Waals surface area (Å²) in [6, 6.07) is 10.8. The van der Waals surface area contributed by atoms with Crippen LogP contribution in [0.25, 0.3) is 0 Å². The molecular formula is C22H25Br2FN2O2. The molecule has 0 aliphatic carbocycles. The van der Waals surface area contributed by atoms with Gasteiger partial charge in [0.15, 0.2) is 6.61 Å². The van der Waals surface area contributed by atoms with Crippen molar-refractivity contribution in [2.75, 3.05) is 19.7 Å². The SMILES string of the molecule is Cc1cc(Br)c(OCC(=O)N2CC(C)N(Cc3ccc(F)cc3)CC2C)c(Br)c1. The van der Waals surface area contributed by atoms with Crippen molar-refractivity contribution in [1.82, 2.24) is 9.80 Å². The normalized spacial score (nSPS) is 20.0. The summed E-state index contributed by atoms with van der Waals surface area (Å²) in [5.41, 5.74) is 2.17. The number of benzene rings is 2.